The summed E-state index contributed by atoms with van der Waals surface area (Å²) in [5.41, 5.74) is 12.5. The number of benzene rings is 10. The van der Waals surface area contributed by atoms with E-state index in [0.717, 1.165) is 72.3 Å². The number of imidazole rings is 1. The normalized spacial score (nSPS) is 11.8. The van der Waals surface area contributed by atoms with Gasteiger partial charge in [0.25, 0.3) is 0 Å². The van der Waals surface area contributed by atoms with Gasteiger partial charge in [-0.3, -0.25) is 4.40 Å². The molecule has 0 N–H and O–H groups in total. The Bertz CT molecular complexity index is 4170. The molecule has 0 aliphatic carbocycles. The van der Waals surface area contributed by atoms with E-state index in [1.807, 2.05) is 23.5 Å². The molecule has 0 aliphatic heterocycles. The molecule has 0 atom stereocenters. The minimum absolute atomic E-state index is 0.610. The van der Waals surface area contributed by atoms with Gasteiger partial charge in [-0.1, -0.05) is 200 Å². The molecule has 316 valence electrons. The first kappa shape index (κ1) is 38.4. The summed E-state index contributed by atoms with van der Waals surface area (Å²) in [7, 11) is 0. The van der Waals surface area contributed by atoms with Gasteiger partial charge in [-0.15, -0.1) is 11.3 Å². The van der Waals surface area contributed by atoms with Crippen molar-refractivity contribution >= 4 is 80.5 Å². The van der Waals surface area contributed by atoms with Gasteiger partial charge >= 0.3 is 0 Å². The van der Waals surface area contributed by atoms with Crippen molar-refractivity contribution in [2.45, 2.75) is 0 Å². The average Bonchev–Trinajstić information content (AvgIpc) is 4.00. The van der Waals surface area contributed by atoms with Crippen LogP contribution in [0.3, 0.4) is 0 Å². The molecule has 0 spiro atoms. The molecule has 6 heteroatoms. The Kier molecular flexibility index (Phi) is 8.69. The fourth-order valence-electron chi connectivity index (χ4n) is 9.96. The molecule has 14 rings (SSSR count). The molecular formula is C62H37N5S. The molecule has 68 heavy (non-hydrogen) atoms. The number of pyridine rings is 1. The molecule has 0 aliphatic rings. The quantitative estimate of drug-likeness (QED) is 0.156. The molecule has 0 fully saturated rings. The van der Waals surface area contributed by atoms with Crippen LogP contribution < -0.4 is 0 Å². The lowest BCUT2D eigenvalue weighted by Gasteiger charge is -2.12. The highest BCUT2D eigenvalue weighted by Crippen LogP contribution is 2.44. The summed E-state index contributed by atoms with van der Waals surface area (Å²) in [6.07, 6.45) is 0. The summed E-state index contributed by atoms with van der Waals surface area (Å²) < 4.78 is 4.83. The summed E-state index contributed by atoms with van der Waals surface area (Å²) in [5, 5.41) is 9.71. The lowest BCUT2D eigenvalue weighted by Crippen LogP contribution is -2.00. The Balaban J connectivity index is 0.937. The molecular weight excluding hydrogens is 847 g/mol. The molecule has 5 nitrogen and oxygen atoms in total. The van der Waals surface area contributed by atoms with Gasteiger partial charge in [0.2, 0.25) is 0 Å². The predicted molar refractivity (Wildman–Crippen MR) is 284 cm³/mol. The fraction of sp³-hybridized carbons (Fsp3) is 0. The van der Waals surface area contributed by atoms with Gasteiger partial charge in [-0.2, -0.15) is 0 Å². The summed E-state index contributed by atoms with van der Waals surface area (Å²) in [6.45, 7) is 0. The lowest BCUT2D eigenvalue weighted by atomic mass is 10.0. The van der Waals surface area contributed by atoms with Gasteiger partial charge in [-0.25, -0.2) is 19.9 Å². The van der Waals surface area contributed by atoms with E-state index in [-0.39, 0.29) is 0 Å². The van der Waals surface area contributed by atoms with Crippen LogP contribution in [-0.4, -0.2) is 24.3 Å². The van der Waals surface area contributed by atoms with E-state index in [4.69, 9.17) is 19.9 Å². The summed E-state index contributed by atoms with van der Waals surface area (Å²) in [5.74, 6) is 1.85. The third-order valence-corrected chi connectivity index (χ3v) is 14.7. The van der Waals surface area contributed by atoms with E-state index in [2.05, 4.69) is 217 Å². The van der Waals surface area contributed by atoms with Gasteiger partial charge in [0.1, 0.15) is 0 Å². The maximum atomic E-state index is 5.57. The van der Waals surface area contributed by atoms with Crippen molar-refractivity contribution in [3.63, 3.8) is 0 Å². The lowest BCUT2D eigenvalue weighted by molar-refractivity contribution is 1.07. The standard InChI is InChI=1S/C62H37N5S/c1-3-11-38(12-4-1)40-19-25-44(26-20-40)59-64-60(45-27-21-41(22-28-45)39-13-5-2-6-14-39)66-61(65-59)46-29-23-43(24-30-46)55-37-53-51-33-31-42-15-9-10-18-50(42)57(51)68-58(53)62-63-56-52-36-48-17-8-7-16-47(48)35-49(52)32-34-54(56)67(55)62/h1-37H. The first-order chi connectivity index (χ1) is 33.7. The van der Waals surface area contributed by atoms with E-state index in [0.29, 0.717) is 17.5 Å². The van der Waals surface area contributed by atoms with Crippen molar-refractivity contribution in [1.29, 1.82) is 0 Å². The van der Waals surface area contributed by atoms with Crippen molar-refractivity contribution in [3.8, 4) is 67.7 Å². The van der Waals surface area contributed by atoms with Crippen LogP contribution in [0.15, 0.2) is 224 Å². The van der Waals surface area contributed by atoms with E-state index in [1.54, 1.807) is 0 Å². The first-order valence-corrected chi connectivity index (χ1v) is 23.7. The highest BCUT2D eigenvalue weighted by Gasteiger charge is 2.21. The van der Waals surface area contributed by atoms with E-state index < -0.39 is 0 Å². The van der Waals surface area contributed by atoms with Crippen LogP contribution in [0.2, 0.25) is 0 Å². The van der Waals surface area contributed by atoms with Crippen molar-refractivity contribution in [3.05, 3.63) is 224 Å². The molecule has 0 unspecified atom stereocenters. The molecule has 0 saturated heterocycles. The van der Waals surface area contributed by atoms with Gasteiger partial charge in [0.15, 0.2) is 23.1 Å². The Morgan fingerprint density at radius 1 is 0.294 bits per heavy atom. The minimum atomic E-state index is 0.610. The van der Waals surface area contributed by atoms with E-state index in [1.165, 1.54) is 47.1 Å². The van der Waals surface area contributed by atoms with Gasteiger partial charge in [-0.05, 0) is 79.0 Å². The second-order valence-electron chi connectivity index (χ2n) is 17.4. The van der Waals surface area contributed by atoms with Crippen LogP contribution in [0.25, 0.3) is 137 Å². The molecule has 10 aromatic carbocycles. The number of hydrogen-bond donors (Lipinski definition) is 0. The second kappa shape index (κ2) is 15.4. The third-order valence-electron chi connectivity index (χ3n) is 13.4. The highest BCUT2D eigenvalue weighted by atomic mass is 32.1. The summed E-state index contributed by atoms with van der Waals surface area (Å²) in [4.78, 5) is 21.0. The Morgan fingerprint density at radius 2 is 0.779 bits per heavy atom. The monoisotopic (exact) mass is 883 g/mol. The van der Waals surface area contributed by atoms with Crippen LogP contribution >= 0.6 is 11.3 Å². The topological polar surface area (TPSA) is 56.0 Å². The maximum absolute atomic E-state index is 5.57. The second-order valence-corrected chi connectivity index (χ2v) is 18.5. The van der Waals surface area contributed by atoms with Crippen LogP contribution in [-0.2, 0) is 0 Å². The van der Waals surface area contributed by atoms with E-state index >= 15 is 0 Å². The fourth-order valence-corrected chi connectivity index (χ4v) is 11.3. The zero-order valence-electron chi connectivity index (χ0n) is 36.5. The van der Waals surface area contributed by atoms with Crippen molar-refractivity contribution in [2.75, 3.05) is 0 Å². The zero-order chi connectivity index (χ0) is 44.7. The van der Waals surface area contributed by atoms with Gasteiger partial charge in [0.05, 0.1) is 21.4 Å². The Hall–Kier alpha value is -8.84. The van der Waals surface area contributed by atoms with Crippen molar-refractivity contribution in [2.24, 2.45) is 0 Å². The van der Waals surface area contributed by atoms with Crippen molar-refractivity contribution < 1.29 is 0 Å². The smallest absolute Gasteiger partial charge is 0.164 e. The third kappa shape index (κ3) is 6.30. The first-order valence-electron chi connectivity index (χ1n) is 22.9. The van der Waals surface area contributed by atoms with Crippen molar-refractivity contribution in [1.82, 2.24) is 24.3 Å². The van der Waals surface area contributed by atoms with Gasteiger partial charge in [0, 0.05) is 37.5 Å². The van der Waals surface area contributed by atoms with Crippen LogP contribution in [0.4, 0.5) is 0 Å². The SMILES string of the molecule is c1ccc(-c2ccc(-c3nc(-c4ccc(-c5ccccc5)cc4)nc(-c4ccc(-c5cc6c7ccc8ccccc8c7sc6c6nc7c8cc9ccccc9cc8ccc7n56)cc4)n3)cc2)cc1. The number of aromatic nitrogens is 5. The highest BCUT2D eigenvalue weighted by molar-refractivity contribution is 7.27. The predicted octanol–water partition coefficient (Wildman–Crippen LogP) is 16.5. The Labute approximate surface area is 395 Å². The van der Waals surface area contributed by atoms with E-state index in [9.17, 15) is 0 Å². The molecule has 0 saturated carbocycles. The van der Waals surface area contributed by atoms with Crippen LogP contribution in [0.5, 0.6) is 0 Å². The Morgan fingerprint density at radius 3 is 1.38 bits per heavy atom. The summed E-state index contributed by atoms with van der Waals surface area (Å²) in [6, 6.07) is 79.7. The average molecular weight is 884 g/mol. The number of nitrogens with zero attached hydrogens (tertiary/aromatic N) is 5. The molecule has 0 bridgehead atoms. The molecule has 4 aromatic heterocycles. The molecule has 14 aromatic rings. The largest absolute Gasteiger partial charge is 0.291 e. The summed E-state index contributed by atoms with van der Waals surface area (Å²) >= 11 is 1.84. The molecule has 4 heterocycles. The number of fused-ring (bicyclic) bond motifs is 12. The number of hydrogen-bond acceptors (Lipinski definition) is 5. The number of thiophene rings is 1. The zero-order valence-corrected chi connectivity index (χ0v) is 37.3. The van der Waals surface area contributed by atoms with Crippen LogP contribution in [0.1, 0.15) is 0 Å². The maximum Gasteiger partial charge on any atom is 0.164 e. The molecule has 0 amide bonds. The number of rotatable bonds is 6. The van der Waals surface area contributed by atoms with Gasteiger partial charge < -0.3 is 0 Å². The molecule has 0 radical (unpaired) electrons. The minimum Gasteiger partial charge on any atom is -0.291 e. The van der Waals surface area contributed by atoms with Crippen LogP contribution in [0, 0.1) is 0 Å².